The van der Waals surface area contributed by atoms with Crippen molar-refractivity contribution in [2.45, 2.75) is 13.5 Å². The van der Waals surface area contributed by atoms with E-state index in [0.29, 0.717) is 17.4 Å². The molecular formula is C18H15NO3S. The van der Waals surface area contributed by atoms with Gasteiger partial charge in [0.05, 0.1) is 5.52 Å². The Bertz CT molecular complexity index is 952. The molecule has 1 aromatic carbocycles. The summed E-state index contributed by atoms with van der Waals surface area (Å²) in [5, 5.41) is 14.7. The van der Waals surface area contributed by atoms with Crippen molar-refractivity contribution >= 4 is 34.1 Å². The third-order valence-electron chi connectivity index (χ3n) is 3.68. The second kappa shape index (κ2) is 6.22. The number of aryl methyl sites for hydroxylation is 1. The molecule has 5 heteroatoms. The lowest BCUT2D eigenvalue weighted by Gasteiger charge is -2.12. The van der Waals surface area contributed by atoms with Gasteiger partial charge in [0.1, 0.15) is 11.3 Å². The first-order chi connectivity index (χ1) is 11.1. The van der Waals surface area contributed by atoms with Gasteiger partial charge in [0.2, 0.25) is 0 Å². The molecule has 0 aliphatic heterocycles. The number of fused-ring (bicyclic) bond motifs is 1. The van der Waals surface area contributed by atoms with E-state index in [1.165, 1.54) is 22.0 Å². The fourth-order valence-corrected chi connectivity index (χ4v) is 3.18. The summed E-state index contributed by atoms with van der Waals surface area (Å²) in [5.74, 6) is -0.748. The predicted octanol–water partition coefficient (Wildman–Crippen LogP) is 3.68. The van der Waals surface area contributed by atoms with E-state index < -0.39 is 11.3 Å². The predicted molar refractivity (Wildman–Crippen MR) is 93.2 cm³/mol. The fraction of sp³-hybridized carbons (Fsp3) is 0.111. The zero-order valence-electron chi connectivity index (χ0n) is 12.5. The van der Waals surface area contributed by atoms with Crippen LogP contribution in [0.4, 0.5) is 0 Å². The number of hydrogen-bond acceptors (Lipinski definition) is 4. The van der Waals surface area contributed by atoms with E-state index in [-0.39, 0.29) is 11.3 Å². The zero-order chi connectivity index (χ0) is 16.4. The van der Waals surface area contributed by atoms with Crippen molar-refractivity contribution in [1.82, 2.24) is 4.57 Å². The van der Waals surface area contributed by atoms with Gasteiger partial charge in [0.15, 0.2) is 5.78 Å². The standard InChI is InChI=1S/C18H15NO3S/c1-2-19-14-6-4-3-5-13(14)17(21)16(18(19)22)15(20)8-7-12-9-10-23-11-12/h3-11,21H,2H2,1H3/b8-7+. The SMILES string of the molecule is CCn1c(=O)c(C(=O)/C=C/c2ccsc2)c(O)c2ccccc21. The molecule has 23 heavy (non-hydrogen) atoms. The Kier molecular flexibility index (Phi) is 4.12. The molecule has 0 saturated heterocycles. The van der Waals surface area contributed by atoms with Crippen molar-refractivity contribution in [2.75, 3.05) is 0 Å². The van der Waals surface area contributed by atoms with Crippen LogP contribution in [0.2, 0.25) is 0 Å². The van der Waals surface area contributed by atoms with Crippen LogP contribution in [0.1, 0.15) is 22.8 Å². The van der Waals surface area contributed by atoms with E-state index in [0.717, 1.165) is 5.56 Å². The molecule has 0 bridgehead atoms. The molecule has 0 radical (unpaired) electrons. The highest BCUT2D eigenvalue weighted by atomic mass is 32.1. The van der Waals surface area contributed by atoms with Crippen LogP contribution in [-0.2, 0) is 6.54 Å². The Balaban J connectivity index is 2.17. The lowest BCUT2D eigenvalue weighted by atomic mass is 10.1. The lowest BCUT2D eigenvalue weighted by Crippen LogP contribution is -2.26. The van der Waals surface area contributed by atoms with E-state index in [1.807, 2.05) is 23.8 Å². The maximum Gasteiger partial charge on any atom is 0.266 e. The van der Waals surface area contributed by atoms with Crippen molar-refractivity contribution in [1.29, 1.82) is 0 Å². The Labute approximate surface area is 136 Å². The molecule has 3 aromatic rings. The van der Waals surface area contributed by atoms with Gasteiger partial charge >= 0.3 is 0 Å². The normalized spacial score (nSPS) is 11.3. The minimum absolute atomic E-state index is 0.183. The summed E-state index contributed by atoms with van der Waals surface area (Å²) in [4.78, 5) is 25.0. The van der Waals surface area contributed by atoms with Gasteiger partial charge in [0, 0.05) is 11.9 Å². The molecule has 0 aliphatic carbocycles. The zero-order valence-corrected chi connectivity index (χ0v) is 13.3. The smallest absolute Gasteiger partial charge is 0.266 e. The number of allylic oxidation sites excluding steroid dienone is 1. The van der Waals surface area contributed by atoms with Gasteiger partial charge in [-0.3, -0.25) is 9.59 Å². The highest BCUT2D eigenvalue weighted by Gasteiger charge is 2.19. The van der Waals surface area contributed by atoms with Gasteiger partial charge in [0.25, 0.3) is 5.56 Å². The molecule has 0 amide bonds. The number of nitrogens with zero attached hydrogens (tertiary/aromatic N) is 1. The summed E-state index contributed by atoms with van der Waals surface area (Å²) in [5.41, 5.74) is 0.857. The Hall–Kier alpha value is -2.66. The molecule has 0 spiro atoms. The van der Waals surface area contributed by atoms with Gasteiger partial charge in [-0.2, -0.15) is 11.3 Å². The number of thiophene rings is 1. The second-order valence-electron chi connectivity index (χ2n) is 5.04. The number of para-hydroxylation sites is 1. The maximum absolute atomic E-state index is 12.6. The molecule has 2 heterocycles. The first-order valence-electron chi connectivity index (χ1n) is 7.22. The third kappa shape index (κ3) is 2.71. The second-order valence-corrected chi connectivity index (χ2v) is 5.82. The highest BCUT2D eigenvalue weighted by molar-refractivity contribution is 7.08. The van der Waals surface area contributed by atoms with E-state index in [2.05, 4.69) is 0 Å². The number of rotatable bonds is 4. The minimum atomic E-state index is -0.494. The Morgan fingerprint density at radius 2 is 2.09 bits per heavy atom. The van der Waals surface area contributed by atoms with Crippen LogP contribution in [0.5, 0.6) is 5.75 Å². The number of hydrogen-bond donors (Lipinski definition) is 1. The van der Waals surface area contributed by atoms with Crippen molar-refractivity contribution < 1.29 is 9.90 Å². The minimum Gasteiger partial charge on any atom is -0.506 e. The van der Waals surface area contributed by atoms with Crippen molar-refractivity contribution in [3.63, 3.8) is 0 Å². The Morgan fingerprint density at radius 3 is 2.78 bits per heavy atom. The third-order valence-corrected chi connectivity index (χ3v) is 4.38. The largest absolute Gasteiger partial charge is 0.506 e. The number of aromatic nitrogens is 1. The van der Waals surface area contributed by atoms with Gasteiger partial charge in [-0.15, -0.1) is 0 Å². The molecule has 0 unspecified atom stereocenters. The molecule has 4 nitrogen and oxygen atoms in total. The quantitative estimate of drug-likeness (QED) is 0.588. The van der Waals surface area contributed by atoms with Gasteiger partial charge in [-0.25, -0.2) is 0 Å². The van der Waals surface area contributed by atoms with Crippen molar-refractivity contribution in [3.05, 3.63) is 68.6 Å². The highest BCUT2D eigenvalue weighted by Crippen LogP contribution is 2.26. The van der Waals surface area contributed by atoms with Gasteiger partial charge in [-0.1, -0.05) is 18.2 Å². The number of aromatic hydroxyl groups is 1. The molecular weight excluding hydrogens is 310 g/mol. The van der Waals surface area contributed by atoms with E-state index in [4.69, 9.17) is 0 Å². The van der Waals surface area contributed by atoms with Crippen LogP contribution in [-0.4, -0.2) is 15.5 Å². The monoisotopic (exact) mass is 325 g/mol. The molecule has 1 N–H and O–H groups in total. The van der Waals surface area contributed by atoms with Crippen LogP contribution < -0.4 is 5.56 Å². The van der Waals surface area contributed by atoms with Crippen molar-refractivity contribution in [2.24, 2.45) is 0 Å². The van der Waals surface area contributed by atoms with E-state index in [1.54, 1.807) is 30.3 Å². The summed E-state index contributed by atoms with van der Waals surface area (Å²) >= 11 is 1.52. The number of benzene rings is 1. The number of carbonyl (C=O) groups is 1. The Morgan fingerprint density at radius 1 is 1.30 bits per heavy atom. The molecule has 116 valence electrons. The lowest BCUT2D eigenvalue weighted by molar-refractivity contribution is 0.104. The van der Waals surface area contributed by atoms with Gasteiger partial charge < -0.3 is 9.67 Å². The van der Waals surface area contributed by atoms with Crippen LogP contribution in [0, 0.1) is 0 Å². The average Bonchev–Trinajstić information content (AvgIpc) is 3.07. The number of pyridine rings is 1. The molecule has 0 saturated carbocycles. The van der Waals surface area contributed by atoms with Crippen LogP contribution in [0.3, 0.4) is 0 Å². The van der Waals surface area contributed by atoms with E-state index in [9.17, 15) is 14.7 Å². The molecule has 3 rings (SSSR count). The first kappa shape index (κ1) is 15.2. The summed E-state index contributed by atoms with van der Waals surface area (Å²) in [6.07, 6.45) is 2.97. The molecule has 0 aliphatic rings. The summed E-state index contributed by atoms with van der Waals surface area (Å²) in [6.45, 7) is 2.26. The molecule has 0 atom stereocenters. The summed E-state index contributed by atoms with van der Waals surface area (Å²) in [7, 11) is 0. The van der Waals surface area contributed by atoms with Crippen LogP contribution in [0.25, 0.3) is 17.0 Å². The summed E-state index contributed by atoms with van der Waals surface area (Å²) in [6, 6.07) is 8.90. The molecule has 2 aromatic heterocycles. The topological polar surface area (TPSA) is 59.3 Å². The van der Waals surface area contributed by atoms with Crippen LogP contribution in [0.15, 0.2) is 52.0 Å². The average molecular weight is 325 g/mol. The fourth-order valence-electron chi connectivity index (χ4n) is 2.55. The van der Waals surface area contributed by atoms with E-state index >= 15 is 0 Å². The molecule has 0 fully saturated rings. The number of carbonyl (C=O) groups excluding carboxylic acids is 1. The van der Waals surface area contributed by atoms with Crippen molar-refractivity contribution in [3.8, 4) is 5.75 Å². The summed E-state index contributed by atoms with van der Waals surface area (Å²) < 4.78 is 1.50. The number of ketones is 1. The maximum atomic E-state index is 12.6. The first-order valence-corrected chi connectivity index (χ1v) is 8.17. The van der Waals surface area contributed by atoms with Crippen LogP contribution >= 0.6 is 11.3 Å². The van der Waals surface area contributed by atoms with Gasteiger partial charge in [-0.05, 0) is 47.5 Å².